The number of carbonyl (C=O) groups excluding carboxylic acids is 2. The highest BCUT2D eigenvalue weighted by Gasteiger charge is 2.26. The van der Waals surface area contributed by atoms with E-state index in [1.807, 2.05) is 48.2 Å². The van der Waals surface area contributed by atoms with Crippen molar-refractivity contribution in [1.82, 2.24) is 19.7 Å². The summed E-state index contributed by atoms with van der Waals surface area (Å²) in [4.78, 5) is 30.7. The number of nitrogens with zero attached hydrogens (tertiary/aromatic N) is 4. The summed E-state index contributed by atoms with van der Waals surface area (Å²) in [6.07, 6.45) is 4.01. The Morgan fingerprint density at radius 3 is 2.75 bits per heavy atom. The molecule has 7 heteroatoms. The van der Waals surface area contributed by atoms with Crippen LogP contribution < -0.4 is 5.32 Å². The fourth-order valence-corrected chi connectivity index (χ4v) is 3.59. The van der Waals surface area contributed by atoms with Crippen LogP contribution >= 0.6 is 0 Å². The molecule has 1 aromatic carbocycles. The molecule has 1 aliphatic rings. The highest BCUT2D eigenvalue weighted by molar-refractivity contribution is 5.95. The molecule has 28 heavy (non-hydrogen) atoms. The van der Waals surface area contributed by atoms with Crippen molar-refractivity contribution >= 4 is 17.5 Å². The van der Waals surface area contributed by atoms with Crippen LogP contribution in [-0.4, -0.2) is 38.0 Å². The highest BCUT2D eigenvalue weighted by Crippen LogP contribution is 2.27. The molecule has 2 amide bonds. The Bertz CT molecular complexity index is 1040. The Hall–Kier alpha value is -3.48. The van der Waals surface area contributed by atoms with E-state index in [1.54, 1.807) is 17.1 Å². The van der Waals surface area contributed by atoms with Gasteiger partial charge in [-0.15, -0.1) is 0 Å². The van der Waals surface area contributed by atoms with E-state index >= 15 is 0 Å². The zero-order chi connectivity index (χ0) is 19.7. The Balaban J connectivity index is 1.58. The van der Waals surface area contributed by atoms with E-state index < -0.39 is 0 Å². The van der Waals surface area contributed by atoms with E-state index in [0.29, 0.717) is 30.9 Å². The molecule has 0 unspecified atom stereocenters. The summed E-state index contributed by atoms with van der Waals surface area (Å²) in [5, 5.41) is 7.23. The minimum atomic E-state index is -0.0931. The molecular formula is C21H21N5O2. The molecular weight excluding hydrogens is 354 g/mol. The number of hydrogen-bond acceptors (Lipinski definition) is 4. The van der Waals surface area contributed by atoms with E-state index in [2.05, 4.69) is 15.4 Å². The summed E-state index contributed by atoms with van der Waals surface area (Å²) in [6.45, 7) is 4.48. The van der Waals surface area contributed by atoms with Gasteiger partial charge in [0.15, 0.2) is 5.82 Å². The van der Waals surface area contributed by atoms with Gasteiger partial charge in [0.1, 0.15) is 0 Å². The molecule has 2 aromatic heterocycles. The monoisotopic (exact) mass is 375 g/mol. The number of carbonyl (C=O) groups is 2. The van der Waals surface area contributed by atoms with Gasteiger partial charge in [-0.1, -0.05) is 18.2 Å². The van der Waals surface area contributed by atoms with Gasteiger partial charge in [-0.05, 0) is 42.7 Å². The zero-order valence-electron chi connectivity index (χ0n) is 15.8. The number of amides is 2. The van der Waals surface area contributed by atoms with E-state index in [4.69, 9.17) is 0 Å². The van der Waals surface area contributed by atoms with Gasteiger partial charge in [0.2, 0.25) is 5.91 Å². The van der Waals surface area contributed by atoms with Crippen molar-refractivity contribution in [1.29, 1.82) is 0 Å². The Kier molecular flexibility index (Phi) is 4.65. The molecule has 3 heterocycles. The molecule has 142 valence electrons. The number of nitrogens with one attached hydrogen (secondary N) is 1. The van der Waals surface area contributed by atoms with Crippen LogP contribution in [0.4, 0.5) is 5.69 Å². The Morgan fingerprint density at radius 2 is 2.00 bits per heavy atom. The molecule has 4 rings (SSSR count). The van der Waals surface area contributed by atoms with Crippen LogP contribution in [-0.2, 0) is 17.8 Å². The lowest BCUT2D eigenvalue weighted by Crippen LogP contribution is -2.36. The standard InChI is InChI=1S/C21H21N5O2/c1-14-18(12-23-26(14)20-8-3-4-10-22-20)21(28)25-11-9-17-16(13-25)6-5-7-19(17)24-15(2)27/h3-8,10,12H,9,11,13H2,1-2H3,(H,24,27). The number of aromatic nitrogens is 3. The van der Waals surface area contributed by atoms with E-state index in [9.17, 15) is 9.59 Å². The molecule has 0 atom stereocenters. The first-order valence-electron chi connectivity index (χ1n) is 9.18. The molecule has 0 aliphatic carbocycles. The topological polar surface area (TPSA) is 80.1 Å². The number of fused-ring (bicyclic) bond motifs is 1. The highest BCUT2D eigenvalue weighted by atomic mass is 16.2. The van der Waals surface area contributed by atoms with Crippen molar-refractivity contribution in [3.8, 4) is 5.82 Å². The number of pyridine rings is 1. The molecule has 1 N–H and O–H groups in total. The lowest BCUT2D eigenvalue weighted by atomic mass is 9.97. The fourth-order valence-electron chi connectivity index (χ4n) is 3.59. The summed E-state index contributed by atoms with van der Waals surface area (Å²) in [6, 6.07) is 11.4. The number of hydrogen-bond donors (Lipinski definition) is 1. The van der Waals surface area contributed by atoms with Gasteiger partial charge in [-0.3, -0.25) is 9.59 Å². The second-order valence-corrected chi connectivity index (χ2v) is 6.84. The van der Waals surface area contributed by atoms with Gasteiger partial charge in [0.05, 0.1) is 17.5 Å². The molecule has 0 saturated heterocycles. The van der Waals surface area contributed by atoms with Crippen LogP contribution in [0.3, 0.4) is 0 Å². The van der Waals surface area contributed by atoms with Crippen LogP contribution in [0.1, 0.15) is 34.1 Å². The van der Waals surface area contributed by atoms with Crippen molar-refractivity contribution in [3.63, 3.8) is 0 Å². The first kappa shape index (κ1) is 17.9. The molecule has 3 aromatic rings. The Labute approximate surface area is 163 Å². The minimum Gasteiger partial charge on any atom is -0.334 e. The van der Waals surface area contributed by atoms with Gasteiger partial charge in [0, 0.05) is 31.9 Å². The molecule has 1 aliphatic heterocycles. The summed E-state index contributed by atoms with van der Waals surface area (Å²) in [7, 11) is 0. The third-order valence-electron chi connectivity index (χ3n) is 4.97. The average Bonchev–Trinajstić information content (AvgIpc) is 3.09. The third kappa shape index (κ3) is 3.26. The van der Waals surface area contributed by atoms with Crippen molar-refractivity contribution in [3.05, 3.63) is 71.2 Å². The number of anilines is 1. The summed E-state index contributed by atoms with van der Waals surface area (Å²) >= 11 is 0. The van der Waals surface area contributed by atoms with Crippen LogP contribution in [0, 0.1) is 6.92 Å². The fraction of sp³-hybridized carbons (Fsp3) is 0.238. The second kappa shape index (κ2) is 7.26. The second-order valence-electron chi connectivity index (χ2n) is 6.84. The summed E-state index contributed by atoms with van der Waals surface area (Å²) in [5.41, 5.74) is 4.33. The lowest BCUT2D eigenvalue weighted by Gasteiger charge is -2.30. The maximum Gasteiger partial charge on any atom is 0.257 e. The van der Waals surface area contributed by atoms with Gasteiger partial charge in [-0.2, -0.15) is 5.10 Å². The van der Waals surface area contributed by atoms with Crippen LogP contribution in [0.5, 0.6) is 0 Å². The van der Waals surface area contributed by atoms with Gasteiger partial charge < -0.3 is 10.2 Å². The quantitative estimate of drug-likeness (QED) is 0.763. The largest absolute Gasteiger partial charge is 0.334 e. The van der Waals surface area contributed by atoms with Crippen molar-refractivity contribution < 1.29 is 9.59 Å². The predicted octanol–water partition coefficient (Wildman–Crippen LogP) is 2.73. The molecule has 0 saturated carbocycles. The lowest BCUT2D eigenvalue weighted by molar-refractivity contribution is -0.114. The number of rotatable bonds is 3. The summed E-state index contributed by atoms with van der Waals surface area (Å²) in [5.74, 6) is 0.544. The molecule has 0 bridgehead atoms. The van der Waals surface area contributed by atoms with E-state index in [1.165, 1.54) is 6.92 Å². The van der Waals surface area contributed by atoms with E-state index in [0.717, 1.165) is 22.5 Å². The molecule has 0 radical (unpaired) electrons. The maximum absolute atomic E-state index is 13.1. The van der Waals surface area contributed by atoms with Crippen molar-refractivity contribution in [2.75, 3.05) is 11.9 Å². The SMILES string of the molecule is CC(=O)Nc1cccc2c1CCN(C(=O)c1cnn(-c3ccccn3)c1C)C2. The van der Waals surface area contributed by atoms with Gasteiger partial charge >= 0.3 is 0 Å². The maximum atomic E-state index is 13.1. The van der Waals surface area contributed by atoms with Gasteiger partial charge in [0.25, 0.3) is 5.91 Å². The molecule has 0 spiro atoms. The van der Waals surface area contributed by atoms with Crippen molar-refractivity contribution in [2.24, 2.45) is 0 Å². The van der Waals surface area contributed by atoms with Crippen LogP contribution in [0.15, 0.2) is 48.8 Å². The van der Waals surface area contributed by atoms with Crippen LogP contribution in [0.25, 0.3) is 5.82 Å². The third-order valence-corrected chi connectivity index (χ3v) is 4.97. The van der Waals surface area contributed by atoms with Gasteiger partial charge in [-0.25, -0.2) is 9.67 Å². The molecule has 7 nitrogen and oxygen atoms in total. The minimum absolute atomic E-state index is 0.0461. The first-order valence-corrected chi connectivity index (χ1v) is 9.18. The predicted molar refractivity (Wildman–Crippen MR) is 105 cm³/mol. The smallest absolute Gasteiger partial charge is 0.257 e. The molecule has 0 fully saturated rings. The zero-order valence-corrected chi connectivity index (χ0v) is 15.8. The first-order chi connectivity index (χ1) is 13.5. The number of benzene rings is 1. The normalized spacial score (nSPS) is 13.1. The Morgan fingerprint density at radius 1 is 1.14 bits per heavy atom. The van der Waals surface area contributed by atoms with Crippen molar-refractivity contribution in [2.45, 2.75) is 26.8 Å². The van der Waals surface area contributed by atoms with Crippen LogP contribution in [0.2, 0.25) is 0 Å². The average molecular weight is 375 g/mol. The van der Waals surface area contributed by atoms with E-state index in [-0.39, 0.29) is 11.8 Å². The summed E-state index contributed by atoms with van der Waals surface area (Å²) < 4.78 is 1.68.